The van der Waals surface area contributed by atoms with Crippen LogP contribution in [0.4, 0.5) is 5.69 Å². The van der Waals surface area contributed by atoms with Crippen LogP contribution in [0.1, 0.15) is 83.2 Å². The summed E-state index contributed by atoms with van der Waals surface area (Å²) < 4.78 is 10.8. The number of hydrogen-bond donors (Lipinski definition) is 1. The third kappa shape index (κ3) is 7.36. The van der Waals surface area contributed by atoms with Gasteiger partial charge in [-0.3, -0.25) is 15.2 Å². The summed E-state index contributed by atoms with van der Waals surface area (Å²) >= 11 is 13.7. The van der Waals surface area contributed by atoms with Crippen LogP contribution in [0, 0.1) is 13.8 Å². The molecule has 6 aromatic rings. The molecule has 1 aliphatic rings. The van der Waals surface area contributed by atoms with E-state index in [1.807, 2.05) is 56.5 Å². The Hall–Kier alpha value is -4.60. The second kappa shape index (κ2) is 16.5. The lowest BCUT2D eigenvalue weighted by atomic mass is 9.86. The maximum Gasteiger partial charge on any atom is 0.166 e. The van der Waals surface area contributed by atoms with Crippen LogP contribution in [0.25, 0.3) is 27.9 Å². The van der Waals surface area contributed by atoms with Crippen LogP contribution in [0.2, 0.25) is 10.0 Å². The van der Waals surface area contributed by atoms with Crippen LogP contribution in [0.3, 0.4) is 0 Å². The van der Waals surface area contributed by atoms with Crippen LogP contribution < -0.4 is 15.1 Å². The number of hydrogen-bond acceptors (Lipinski definition) is 6. The average Bonchev–Trinajstić information content (AvgIpc) is 3.79. The predicted octanol–water partition coefficient (Wildman–Crippen LogP) is 10.4. The number of nitrogens with one attached hydrogen (secondary N) is 1. The Morgan fingerprint density at radius 2 is 1.80 bits per heavy atom. The van der Waals surface area contributed by atoms with Gasteiger partial charge in [0.05, 0.1) is 41.3 Å². The van der Waals surface area contributed by atoms with Gasteiger partial charge in [-0.1, -0.05) is 60.1 Å². The molecule has 1 N–H and O–H groups in total. The van der Waals surface area contributed by atoms with Crippen LogP contribution in [-0.4, -0.2) is 64.7 Å². The predicted molar refractivity (Wildman–Crippen MR) is 233 cm³/mol. The first-order valence-corrected chi connectivity index (χ1v) is 20.2. The monoisotopic (exact) mass is 790 g/mol. The van der Waals surface area contributed by atoms with Crippen molar-refractivity contribution in [3.8, 4) is 5.75 Å². The van der Waals surface area contributed by atoms with E-state index in [9.17, 15) is 4.79 Å². The topological polar surface area (TPSA) is 67.6 Å². The summed E-state index contributed by atoms with van der Waals surface area (Å²) in [5.74, 6) is 0.901. The van der Waals surface area contributed by atoms with Crippen molar-refractivity contribution in [1.29, 1.82) is 0 Å². The van der Waals surface area contributed by atoms with Gasteiger partial charge >= 0.3 is 0 Å². The number of carbonyl (C=O) groups excluding carboxylic acids is 1. The van der Waals surface area contributed by atoms with E-state index in [0.29, 0.717) is 36.8 Å². The van der Waals surface area contributed by atoms with Gasteiger partial charge in [-0.25, -0.2) is 5.01 Å². The summed E-state index contributed by atoms with van der Waals surface area (Å²) in [6.07, 6.45) is 8.35. The quantitative estimate of drug-likeness (QED) is 0.0876. The second-order valence-electron chi connectivity index (χ2n) is 15.5. The number of anilines is 1. The Balaban J connectivity index is 1.28. The van der Waals surface area contributed by atoms with E-state index in [1.54, 1.807) is 0 Å². The number of halogens is 2. The number of para-hydroxylation sites is 1. The van der Waals surface area contributed by atoms with E-state index in [1.165, 1.54) is 0 Å². The Morgan fingerprint density at radius 1 is 1.04 bits per heavy atom. The first-order chi connectivity index (χ1) is 26.9. The molecule has 1 aliphatic heterocycles. The average molecular weight is 792 g/mol. The fourth-order valence-electron chi connectivity index (χ4n) is 8.96. The lowest BCUT2D eigenvalue weighted by molar-refractivity contribution is 0.111. The van der Waals surface area contributed by atoms with Crippen molar-refractivity contribution in [3.63, 3.8) is 0 Å². The van der Waals surface area contributed by atoms with Gasteiger partial charge in [0.15, 0.2) is 6.29 Å². The molecule has 0 bridgehead atoms. The SMILES string of the molecule is C=Cc1cn(Cc2ccccn2)c2c(N(C)C[C@@H](C)n3c(C=O)c(CCCOc4cc(C)c(Cl)c(C)c4)c4ccc(Cl)c(C5C(C)NN(C)C5C)c43)cccc12. The highest BCUT2D eigenvalue weighted by Gasteiger charge is 2.39. The molecule has 0 saturated carbocycles. The summed E-state index contributed by atoms with van der Waals surface area (Å²) in [5.41, 5.74) is 13.7. The van der Waals surface area contributed by atoms with Crippen LogP contribution in [0.15, 0.2) is 79.6 Å². The summed E-state index contributed by atoms with van der Waals surface area (Å²) in [5, 5.41) is 5.85. The molecule has 0 aliphatic carbocycles. The molecule has 0 amide bonds. The third-order valence-corrected chi connectivity index (χ3v) is 12.6. The zero-order valence-corrected chi connectivity index (χ0v) is 35.0. The van der Waals surface area contributed by atoms with Crippen molar-refractivity contribution in [3.05, 3.63) is 129 Å². The highest BCUT2D eigenvalue weighted by molar-refractivity contribution is 6.32. The highest BCUT2D eigenvalue weighted by Crippen LogP contribution is 2.44. The summed E-state index contributed by atoms with van der Waals surface area (Å²) in [6.45, 7) is 16.5. The molecular weight excluding hydrogens is 739 g/mol. The minimum Gasteiger partial charge on any atom is -0.494 e. The number of aromatic nitrogens is 3. The molecule has 3 unspecified atom stereocenters. The van der Waals surface area contributed by atoms with Gasteiger partial charge in [0.25, 0.3) is 0 Å². The lowest BCUT2D eigenvalue weighted by Crippen LogP contribution is -2.33. The van der Waals surface area contributed by atoms with Crippen LogP contribution in [-0.2, 0) is 13.0 Å². The van der Waals surface area contributed by atoms with E-state index < -0.39 is 0 Å². The number of aryl methyl sites for hydroxylation is 3. The van der Waals surface area contributed by atoms with Gasteiger partial charge in [-0.15, -0.1) is 0 Å². The van der Waals surface area contributed by atoms with Crippen LogP contribution in [0.5, 0.6) is 5.75 Å². The molecule has 3 aromatic heterocycles. The molecule has 4 atom stereocenters. The van der Waals surface area contributed by atoms with Crippen molar-refractivity contribution in [2.75, 3.05) is 32.1 Å². The van der Waals surface area contributed by atoms with E-state index in [-0.39, 0.29) is 24.0 Å². The third-order valence-electron chi connectivity index (χ3n) is 11.6. The molecule has 7 rings (SSSR count). The number of nitrogens with zero attached hydrogens (tertiary/aromatic N) is 5. The number of carbonyl (C=O) groups is 1. The zero-order chi connectivity index (χ0) is 39.8. The fourth-order valence-corrected chi connectivity index (χ4v) is 9.35. The summed E-state index contributed by atoms with van der Waals surface area (Å²) in [6, 6.07) is 20.7. The van der Waals surface area contributed by atoms with Crippen molar-refractivity contribution in [2.24, 2.45) is 0 Å². The van der Waals surface area contributed by atoms with Crippen LogP contribution >= 0.6 is 23.2 Å². The normalized spacial score (nSPS) is 17.8. The summed E-state index contributed by atoms with van der Waals surface area (Å²) in [7, 11) is 4.22. The summed E-state index contributed by atoms with van der Waals surface area (Å²) in [4.78, 5) is 20.3. The molecule has 0 spiro atoms. The Morgan fingerprint density at radius 3 is 2.46 bits per heavy atom. The van der Waals surface area contributed by atoms with E-state index in [2.05, 4.69) is 107 Å². The van der Waals surface area contributed by atoms with Crippen molar-refractivity contribution in [1.82, 2.24) is 24.6 Å². The van der Waals surface area contributed by atoms with Gasteiger partial charge in [0.2, 0.25) is 0 Å². The van der Waals surface area contributed by atoms with Crippen molar-refractivity contribution in [2.45, 2.75) is 78.0 Å². The Kier molecular flexibility index (Phi) is 11.7. The van der Waals surface area contributed by atoms with E-state index in [4.69, 9.17) is 27.9 Å². The second-order valence-corrected chi connectivity index (χ2v) is 16.3. The van der Waals surface area contributed by atoms with Gasteiger partial charge in [0, 0.05) is 83.5 Å². The number of likely N-dealkylation sites (N-methyl/N-ethyl adjacent to an activating group) is 2. The molecular formula is C46H52Cl2N6O2. The minimum atomic E-state index is -0.101. The Labute approximate surface area is 340 Å². The molecule has 8 nitrogen and oxygen atoms in total. The lowest BCUT2D eigenvalue weighted by Gasteiger charge is -2.29. The molecule has 0 radical (unpaired) electrons. The fraction of sp³-hybridized carbons (Fsp3) is 0.348. The molecule has 10 heteroatoms. The maximum absolute atomic E-state index is 13.4. The standard InChI is InChI=1S/C46H52Cl2N6O2/c1-9-33-25-53(26-34-14-10-11-20-49-34)45-36(33)15-12-17-40(45)51(7)24-30(4)54-41(27-55)37(16-13-21-56-35-22-28(2)44(48)29(3)23-35)38-18-19-39(47)43(46(38)54)42-31(5)50-52(8)32(42)6/h9-12,14-15,17-20,22-23,25,27,30-32,42,50H,1,13,16,21,24,26H2,2-8H3/t30-,31?,32?,42?/m1/s1. The maximum atomic E-state index is 13.4. The van der Waals surface area contributed by atoms with Gasteiger partial charge in [-0.2, -0.15) is 0 Å². The molecule has 1 fully saturated rings. The zero-order valence-electron chi connectivity index (χ0n) is 33.4. The highest BCUT2D eigenvalue weighted by atomic mass is 35.5. The smallest absolute Gasteiger partial charge is 0.166 e. The van der Waals surface area contributed by atoms with Gasteiger partial charge in [-0.05, 0) is 106 Å². The van der Waals surface area contributed by atoms with Crippen molar-refractivity contribution >= 4 is 63.1 Å². The van der Waals surface area contributed by atoms with Gasteiger partial charge in [0.1, 0.15) is 5.75 Å². The number of pyridine rings is 1. The number of hydrazine groups is 1. The first-order valence-electron chi connectivity index (χ1n) is 19.5. The van der Waals surface area contributed by atoms with Gasteiger partial charge < -0.3 is 18.8 Å². The largest absolute Gasteiger partial charge is 0.494 e. The number of benzene rings is 3. The van der Waals surface area contributed by atoms with E-state index in [0.717, 1.165) is 84.5 Å². The molecule has 292 valence electrons. The number of ether oxygens (including phenoxy) is 1. The number of fused-ring (bicyclic) bond motifs is 2. The molecule has 4 heterocycles. The van der Waals surface area contributed by atoms with E-state index >= 15 is 0 Å². The number of aldehydes is 1. The molecule has 56 heavy (non-hydrogen) atoms. The molecule has 3 aromatic carbocycles. The number of rotatable bonds is 14. The minimum absolute atomic E-state index is 0.0998. The van der Waals surface area contributed by atoms with Crippen molar-refractivity contribution < 1.29 is 9.53 Å². The molecule has 1 saturated heterocycles. The Bertz CT molecular complexity index is 2380. The first kappa shape index (κ1) is 39.6.